The van der Waals surface area contributed by atoms with E-state index in [2.05, 4.69) is 75.5 Å². The number of imidazole rings is 2. The first-order valence-electron chi connectivity index (χ1n) is 23.3. The Bertz CT molecular complexity index is 2030. The quantitative estimate of drug-likeness (QED) is 0.0141. The average molecular weight is 1130 g/mol. The number of carbonyl (C=O) groups excluding carboxylic acids is 2. The lowest BCUT2D eigenvalue weighted by molar-refractivity contribution is -0.683. The zero-order valence-electron chi connectivity index (χ0n) is 41.4. The number of nitrogen functional groups attached to an aromatic ring is 2. The van der Waals surface area contributed by atoms with Gasteiger partial charge in [0.15, 0.2) is 23.0 Å². The molecule has 4 aromatic rings. The van der Waals surface area contributed by atoms with Crippen molar-refractivity contribution < 1.29 is 75.6 Å². The van der Waals surface area contributed by atoms with Crippen LogP contribution in [0.25, 0.3) is 0 Å². The number of anilines is 2. The molecule has 4 aromatic heterocycles. The van der Waals surface area contributed by atoms with E-state index in [1.54, 1.807) is 21.8 Å². The minimum atomic E-state index is -0.470. The highest BCUT2D eigenvalue weighted by Crippen LogP contribution is 2.25. The van der Waals surface area contributed by atoms with Crippen LogP contribution in [-0.4, -0.2) is 65.1 Å². The molecule has 388 valence electrons. The summed E-state index contributed by atoms with van der Waals surface area (Å²) in [6, 6.07) is 0. The number of aromatic nitrogens is 8. The monoisotopic (exact) mass is 1120 g/mol. The Hall–Kier alpha value is -3.96. The van der Waals surface area contributed by atoms with Crippen LogP contribution in [0.1, 0.15) is 131 Å². The van der Waals surface area contributed by atoms with Crippen LogP contribution in [0.2, 0.25) is 0 Å². The van der Waals surface area contributed by atoms with Crippen LogP contribution in [0.5, 0.6) is 0 Å². The third-order valence-electron chi connectivity index (χ3n) is 10.1. The first-order valence-corrected chi connectivity index (χ1v) is 23.8. The van der Waals surface area contributed by atoms with Gasteiger partial charge in [0.2, 0.25) is 5.91 Å². The van der Waals surface area contributed by atoms with Crippen molar-refractivity contribution in [2.45, 2.75) is 176 Å². The molecule has 1 amide bonds. The number of alkyl halides is 1. The van der Waals surface area contributed by atoms with Crippen molar-refractivity contribution in [2.75, 3.05) is 30.4 Å². The smallest absolute Gasteiger partial charge is 0.421 e. The van der Waals surface area contributed by atoms with E-state index in [1.165, 1.54) is 45.4 Å². The third kappa shape index (κ3) is 24.5. The van der Waals surface area contributed by atoms with Crippen LogP contribution in [0.15, 0.2) is 57.6 Å². The number of hydrogen-bond acceptors (Lipinski definition) is 12. The molecule has 0 aliphatic carbocycles. The molecule has 0 aliphatic heterocycles. The molecule has 0 saturated heterocycles. The van der Waals surface area contributed by atoms with Crippen LogP contribution in [0, 0.1) is 0 Å². The summed E-state index contributed by atoms with van der Waals surface area (Å²) in [7, 11) is 0. The first kappa shape index (κ1) is 66.1. The van der Waals surface area contributed by atoms with E-state index < -0.39 is 5.60 Å². The number of amides is 1. The maximum Gasteiger partial charge on any atom is 0.421 e. The summed E-state index contributed by atoms with van der Waals surface area (Å²) in [6.45, 7) is 17.6. The first-order chi connectivity index (χ1) is 30.8. The van der Waals surface area contributed by atoms with E-state index in [0.717, 1.165) is 83.1 Å². The molecule has 0 aliphatic rings. The van der Waals surface area contributed by atoms with Gasteiger partial charge in [0.05, 0.1) is 69.9 Å². The lowest BCUT2D eigenvalue weighted by atomic mass is 10.2. The van der Waals surface area contributed by atoms with Gasteiger partial charge in [-0.25, -0.2) is 27.6 Å². The normalized spacial score (nSPS) is 11.1. The number of nitrogens with zero attached hydrogens (tertiary/aromatic N) is 12. The SMILES string of the molecule is CCCCCCn1cc[n+](CCCCl)c1N=Nc1cnn(CCC[NH3+])c1N.CCCCCCn1cc[n+](CCCNC(C)=O)c1N=Nc1cnn(CCCCC(=O)OC(C)(C)C)c1N.N.[Br-].[Br-].[Cl-]. The van der Waals surface area contributed by atoms with Gasteiger partial charge in [-0.3, -0.25) is 9.59 Å². The second-order valence-electron chi connectivity index (χ2n) is 16.9. The lowest BCUT2D eigenvalue weighted by Crippen LogP contribution is -3.00. The Morgan fingerprint density at radius 3 is 1.65 bits per heavy atom. The Balaban J connectivity index is 0. The molecule has 0 fully saturated rings. The van der Waals surface area contributed by atoms with Crippen molar-refractivity contribution in [3.05, 3.63) is 37.2 Å². The predicted molar refractivity (Wildman–Crippen MR) is 255 cm³/mol. The number of rotatable bonds is 29. The number of unbranched alkanes of at least 4 members (excludes halogenated alkanes) is 7. The number of aryl methyl sites for hydroxylation is 6. The molecule has 0 bridgehead atoms. The fraction of sp³-hybridized carbons (Fsp3) is 0.682. The molecular weight excluding hydrogens is 1050 g/mol. The zero-order valence-corrected chi connectivity index (χ0v) is 46.1. The Morgan fingerprint density at radius 2 is 1.21 bits per heavy atom. The second kappa shape index (κ2) is 36.9. The Kier molecular flexibility index (Phi) is 35.9. The number of azo groups is 2. The van der Waals surface area contributed by atoms with Crippen LogP contribution in [0.3, 0.4) is 0 Å². The zero-order chi connectivity index (χ0) is 46.7. The summed E-state index contributed by atoms with van der Waals surface area (Å²) in [5.74, 6) is 2.94. The van der Waals surface area contributed by atoms with E-state index in [1.807, 2.05) is 43.9 Å². The van der Waals surface area contributed by atoms with E-state index in [-0.39, 0.29) is 64.4 Å². The van der Waals surface area contributed by atoms with E-state index in [0.29, 0.717) is 61.4 Å². The molecule has 0 saturated carbocycles. The molecule has 4 rings (SSSR count). The number of hydrogen-bond donors (Lipinski definition) is 5. The van der Waals surface area contributed by atoms with Gasteiger partial charge in [0.1, 0.15) is 5.60 Å². The van der Waals surface area contributed by atoms with Gasteiger partial charge < -0.3 is 79.8 Å². The van der Waals surface area contributed by atoms with E-state index >= 15 is 0 Å². The van der Waals surface area contributed by atoms with Crippen LogP contribution < -0.4 is 84.2 Å². The van der Waals surface area contributed by atoms with Gasteiger partial charge in [-0.15, -0.1) is 11.6 Å². The van der Waals surface area contributed by atoms with Crippen molar-refractivity contribution in [1.82, 2.24) is 40.2 Å². The fourth-order valence-corrected chi connectivity index (χ4v) is 6.79. The number of carbonyl (C=O) groups is 2. The van der Waals surface area contributed by atoms with Crippen LogP contribution in [-0.2, 0) is 53.6 Å². The highest BCUT2D eigenvalue weighted by atomic mass is 79.9. The second-order valence-corrected chi connectivity index (χ2v) is 17.3. The minimum absolute atomic E-state index is 0. The van der Waals surface area contributed by atoms with Gasteiger partial charge >= 0.3 is 17.9 Å². The van der Waals surface area contributed by atoms with E-state index in [4.69, 9.17) is 27.8 Å². The van der Waals surface area contributed by atoms with Gasteiger partial charge in [0.25, 0.3) is 0 Å². The van der Waals surface area contributed by atoms with Crippen LogP contribution >= 0.6 is 11.6 Å². The number of ether oxygens (including phenoxy) is 1. The highest BCUT2D eigenvalue weighted by Gasteiger charge is 2.20. The van der Waals surface area contributed by atoms with Gasteiger partial charge in [-0.05, 0) is 59.3 Å². The highest BCUT2D eigenvalue weighted by molar-refractivity contribution is 6.17. The standard InChI is InChI=1S/C26H44N8O3.C18H31ClN8.2BrH.ClH.H3N/c1-6-7-8-10-15-32-18-19-33(16-12-14-28-21(2)35)25(32)31-30-22-20-29-34(24(22)27)17-11-9-13-23(36)37-26(3,4)5;1-2-3-4-5-10-25-13-14-26(11-6-8-19)18(25)24-23-16-15-22-27(17(16)21)12-7-9-20;;;;/h18-20,27H,6-17H2,1-5H3,(H,28,35);13-15,21H,2-12,20H2,1H3;3*1H;1H3. The van der Waals surface area contributed by atoms with Crippen molar-refractivity contribution in [2.24, 2.45) is 20.5 Å². The molecule has 4 heterocycles. The molecular formula is C44H81Br2Cl2N17O3. The summed E-state index contributed by atoms with van der Waals surface area (Å²) in [6.07, 6.45) is 25.3. The molecule has 0 radical (unpaired) electrons. The molecule has 24 heteroatoms. The number of nitrogens with one attached hydrogen (secondary N) is 1. The summed E-state index contributed by atoms with van der Waals surface area (Å²) in [4.78, 5) is 23.0. The average Bonchev–Trinajstić information content (AvgIpc) is 4.03. The Labute approximate surface area is 436 Å². The van der Waals surface area contributed by atoms with Crippen molar-refractivity contribution in [3.63, 3.8) is 0 Å². The largest absolute Gasteiger partial charge is 1.00 e. The Morgan fingerprint density at radius 1 is 0.735 bits per heavy atom. The number of quaternary nitrogens is 1. The van der Waals surface area contributed by atoms with Gasteiger partial charge in [-0.1, -0.05) is 62.6 Å². The fourth-order valence-electron chi connectivity index (χ4n) is 6.67. The minimum Gasteiger partial charge on any atom is -1.00 e. The van der Waals surface area contributed by atoms with Gasteiger partial charge in [0, 0.05) is 55.5 Å². The molecule has 0 atom stereocenters. The summed E-state index contributed by atoms with van der Waals surface area (Å²) >= 11 is 5.86. The summed E-state index contributed by atoms with van der Waals surface area (Å²) in [5, 5.41) is 29.3. The van der Waals surface area contributed by atoms with Crippen LogP contribution in [0.4, 0.5) is 34.9 Å². The van der Waals surface area contributed by atoms with Gasteiger partial charge in [-0.2, -0.15) is 10.2 Å². The maximum atomic E-state index is 11.9. The molecule has 20 nitrogen and oxygen atoms in total. The van der Waals surface area contributed by atoms with E-state index in [9.17, 15) is 9.59 Å². The number of nitrogens with two attached hydrogens (primary N) is 2. The number of halogens is 4. The van der Waals surface area contributed by atoms with Crippen molar-refractivity contribution >= 4 is 58.4 Å². The molecule has 0 aromatic carbocycles. The predicted octanol–water partition coefficient (Wildman–Crippen LogP) is -1.43. The van der Waals surface area contributed by atoms with Crippen molar-refractivity contribution in [3.8, 4) is 0 Å². The third-order valence-corrected chi connectivity index (χ3v) is 10.4. The molecule has 11 N–H and O–H groups in total. The lowest BCUT2D eigenvalue weighted by Gasteiger charge is -2.19. The molecule has 0 spiro atoms. The topological polar surface area (TPSA) is 273 Å². The van der Waals surface area contributed by atoms with Crippen molar-refractivity contribution in [1.29, 1.82) is 0 Å². The molecule has 0 unspecified atom stereocenters. The summed E-state index contributed by atoms with van der Waals surface area (Å²) < 4.78 is 17.2. The molecule has 68 heavy (non-hydrogen) atoms. The maximum absolute atomic E-state index is 11.9. The number of esters is 1. The summed E-state index contributed by atoms with van der Waals surface area (Å²) in [5.41, 5.74) is 16.9.